The highest BCUT2D eigenvalue weighted by Gasteiger charge is 2.20. The van der Waals surface area contributed by atoms with Gasteiger partial charge in [-0.1, -0.05) is 64.8 Å². The minimum atomic E-state index is 0.595. The van der Waals surface area contributed by atoms with Crippen molar-refractivity contribution in [3.05, 3.63) is 35.4 Å². The largest absolute Gasteiger partial charge is 0.383 e. The Hall–Kier alpha value is -0.860. The summed E-state index contributed by atoms with van der Waals surface area (Å²) < 4.78 is 5.12. The van der Waals surface area contributed by atoms with E-state index in [4.69, 9.17) is 4.74 Å². The van der Waals surface area contributed by atoms with E-state index in [1.807, 2.05) is 0 Å². The lowest BCUT2D eigenvalue weighted by atomic mass is 9.82. The Morgan fingerprint density at radius 3 is 2.05 bits per heavy atom. The number of nitrogens with one attached hydrogen (secondary N) is 1. The highest BCUT2D eigenvalue weighted by Crippen LogP contribution is 2.30. The predicted molar refractivity (Wildman–Crippen MR) is 92.1 cm³/mol. The molecule has 0 radical (unpaired) electrons. The first-order valence-electron chi connectivity index (χ1n) is 8.43. The van der Waals surface area contributed by atoms with Gasteiger partial charge in [-0.05, 0) is 28.9 Å². The average molecular weight is 291 g/mol. The molecule has 0 aliphatic heterocycles. The minimum Gasteiger partial charge on any atom is -0.383 e. The normalized spacial score (nSPS) is 13.1. The SMILES string of the molecule is CCC(CC)C(CNCCOC)c1ccc(C(C)C)cc1. The third-order valence-corrected chi connectivity index (χ3v) is 4.50. The zero-order chi connectivity index (χ0) is 15.7. The number of hydrogen-bond donors (Lipinski definition) is 1. The van der Waals surface area contributed by atoms with Crippen LogP contribution in [-0.4, -0.2) is 26.8 Å². The van der Waals surface area contributed by atoms with Crippen LogP contribution in [0.5, 0.6) is 0 Å². The lowest BCUT2D eigenvalue weighted by molar-refractivity contribution is 0.197. The summed E-state index contributed by atoms with van der Waals surface area (Å²) in [6.45, 7) is 11.9. The zero-order valence-corrected chi connectivity index (χ0v) is 14.5. The number of methoxy groups -OCH3 is 1. The smallest absolute Gasteiger partial charge is 0.0587 e. The molecule has 0 amide bonds. The number of ether oxygens (including phenoxy) is 1. The summed E-state index contributed by atoms with van der Waals surface area (Å²) in [7, 11) is 1.75. The Morgan fingerprint density at radius 2 is 1.57 bits per heavy atom. The molecule has 0 aliphatic rings. The van der Waals surface area contributed by atoms with Gasteiger partial charge in [-0.25, -0.2) is 0 Å². The third-order valence-electron chi connectivity index (χ3n) is 4.50. The maximum Gasteiger partial charge on any atom is 0.0587 e. The van der Waals surface area contributed by atoms with Crippen molar-refractivity contribution in [2.75, 3.05) is 26.8 Å². The Kier molecular flexibility index (Phi) is 8.63. The van der Waals surface area contributed by atoms with E-state index in [9.17, 15) is 0 Å². The van der Waals surface area contributed by atoms with E-state index in [2.05, 4.69) is 57.3 Å². The van der Waals surface area contributed by atoms with Gasteiger partial charge in [0.15, 0.2) is 0 Å². The Bertz CT molecular complexity index is 368. The molecule has 120 valence electrons. The van der Waals surface area contributed by atoms with Crippen molar-refractivity contribution in [3.63, 3.8) is 0 Å². The van der Waals surface area contributed by atoms with Crippen LogP contribution in [0, 0.1) is 5.92 Å². The fourth-order valence-electron chi connectivity index (χ4n) is 2.97. The van der Waals surface area contributed by atoms with Crippen molar-refractivity contribution in [2.45, 2.75) is 52.4 Å². The molecule has 0 aromatic heterocycles. The van der Waals surface area contributed by atoms with Crippen molar-refractivity contribution in [1.29, 1.82) is 0 Å². The molecule has 0 fully saturated rings. The van der Waals surface area contributed by atoms with Crippen LogP contribution < -0.4 is 5.32 Å². The van der Waals surface area contributed by atoms with Crippen LogP contribution in [0.1, 0.15) is 63.5 Å². The summed E-state index contributed by atoms with van der Waals surface area (Å²) in [6.07, 6.45) is 2.47. The van der Waals surface area contributed by atoms with Crippen LogP contribution in [0.4, 0.5) is 0 Å². The van der Waals surface area contributed by atoms with E-state index in [-0.39, 0.29) is 0 Å². The van der Waals surface area contributed by atoms with Crippen LogP contribution in [0.15, 0.2) is 24.3 Å². The van der Waals surface area contributed by atoms with E-state index in [1.165, 1.54) is 24.0 Å². The van der Waals surface area contributed by atoms with Crippen LogP contribution >= 0.6 is 0 Å². The topological polar surface area (TPSA) is 21.3 Å². The van der Waals surface area contributed by atoms with Crippen molar-refractivity contribution in [3.8, 4) is 0 Å². The fourth-order valence-corrected chi connectivity index (χ4v) is 2.97. The van der Waals surface area contributed by atoms with Gasteiger partial charge >= 0.3 is 0 Å². The molecule has 1 aromatic rings. The number of hydrogen-bond acceptors (Lipinski definition) is 2. The highest BCUT2D eigenvalue weighted by molar-refractivity contribution is 5.28. The number of rotatable bonds is 10. The average Bonchev–Trinajstić information content (AvgIpc) is 2.50. The van der Waals surface area contributed by atoms with Gasteiger partial charge in [-0.15, -0.1) is 0 Å². The summed E-state index contributed by atoms with van der Waals surface area (Å²) in [5.41, 5.74) is 2.90. The van der Waals surface area contributed by atoms with Crippen LogP contribution in [0.2, 0.25) is 0 Å². The van der Waals surface area contributed by atoms with E-state index in [1.54, 1.807) is 7.11 Å². The van der Waals surface area contributed by atoms with Gasteiger partial charge in [0.1, 0.15) is 0 Å². The van der Waals surface area contributed by atoms with Gasteiger partial charge in [-0.2, -0.15) is 0 Å². The summed E-state index contributed by atoms with van der Waals surface area (Å²) >= 11 is 0. The monoisotopic (exact) mass is 291 g/mol. The summed E-state index contributed by atoms with van der Waals surface area (Å²) in [5, 5.41) is 3.55. The van der Waals surface area contributed by atoms with E-state index in [0.29, 0.717) is 11.8 Å². The summed E-state index contributed by atoms with van der Waals surface area (Å²) in [4.78, 5) is 0. The van der Waals surface area contributed by atoms with Gasteiger partial charge in [-0.3, -0.25) is 0 Å². The van der Waals surface area contributed by atoms with Crippen LogP contribution in [0.25, 0.3) is 0 Å². The van der Waals surface area contributed by atoms with Gasteiger partial charge in [0.25, 0.3) is 0 Å². The molecule has 0 bridgehead atoms. The molecule has 2 nitrogen and oxygen atoms in total. The molecular weight excluding hydrogens is 258 g/mol. The Morgan fingerprint density at radius 1 is 1.00 bits per heavy atom. The van der Waals surface area contributed by atoms with Crippen LogP contribution in [0.3, 0.4) is 0 Å². The van der Waals surface area contributed by atoms with Crippen molar-refractivity contribution >= 4 is 0 Å². The Balaban J connectivity index is 2.78. The van der Waals surface area contributed by atoms with E-state index in [0.717, 1.165) is 25.6 Å². The quantitative estimate of drug-likeness (QED) is 0.638. The maximum absolute atomic E-state index is 5.12. The summed E-state index contributed by atoms with van der Waals surface area (Å²) in [5.74, 6) is 1.94. The second-order valence-electron chi connectivity index (χ2n) is 6.20. The Labute approximate surface area is 131 Å². The second kappa shape index (κ2) is 9.97. The van der Waals surface area contributed by atoms with Gasteiger partial charge < -0.3 is 10.1 Å². The first kappa shape index (κ1) is 18.2. The maximum atomic E-state index is 5.12. The van der Waals surface area contributed by atoms with Gasteiger partial charge in [0.05, 0.1) is 6.61 Å². The molecule has 1 N–H and O–H groups in total. The third kappa shape index (κ3) is 5.80. The molecule has 1 rings (SSSR count). The van der Waals surface area contributed by atoms with E-state index >= 15 is 0 Å². The number of benzene rings is 1. The molecule has 21 heavy (non-hydrogen) atoms. The van der Waals surface area contributed by atoms with Crippen LogP contribution in [-0.2, 0) is 4.74 Å². The standard InChI is InChI=1S/C19H33NO/c1-6-16(7-2)19(14-20-12-13-21-5)18-10-8-17(9-11-18)15(3)4/h8-11,15-16,19-20H,6-7,12-14H2,1-5H3. The predicted octanol–water partition coefficient (Wildman–Crippen LogP) is 4.57. The molecule has 1 atom stereocenters. The fraction of sp³-hybridized carbons (Fsp3) is 0.684. The van der Waals surface area contributed by atoms with Crippen molar-refractivity contribution in [1.82, 2.24) is 5.32 Å². The molecule has 0 heterocycles. The molecule has 0 aliphatic carbocycles. The first-order valence-corrected chi connectivity index (χ1v) is 8.43. The first-order chi connectivity index (χ1) is 10.1. The molecule has 1 aromatic carbocycles. The summed E-state index contributed by atoms with van der Waals surface area (Å²) in [6, 6.07) is 9.25. The van der Waals surface area contributed by atoms with Crippen molar-refractivity contribution < 1.29 is 4.74 Å². The minimum absolute atomic E-state index is 0.595. The molecule has 0 saturated carbocycles. The second-order valence-corrected chi connectivity index (χ2v) is 6.20. The van der Waals surface area contributed by atoms with Gasteiger partial charge in [0.2, 0.25) is 0 Å². The molecule has 0 spiro atoms. The molecular formula is C19H33NO. The van der Waals surface area contributed by atoms with E-state index < -0.39 is 0 Å². The highest BCUT2D eigenvalue weighted by atomic mass is 16.5. The molecule has 2 heteroatoms. The molecule has 1 unspecified atom stereocenters. The van der Waals surface area contributed by atoms with Crippen molar-refractivity contribution in [2.24, 2.45) is 5.92 Å². The zero-order valence-electron chi connectivity index (χ0n) is 14.5. The lowest BCUT2D eigenvalue weighted by Gasteiger charge is -2.26. The van der Waals surface area contributed by atoms with Gasteiger partial charge in [0, 0.05) is 20.2 Å². The lowest BCUT2D eigenvalue weighted by Crippen LogP contribution is -2.28. The molecule has 0 saturated heterocycles.